The highest BCUT2D eigenvalue weighted by Crippen LogP contribution is 2.21. The van der Waals surface area contributed by atoms with Crippen LogP contribution in [0.3, 0.4) is 0 Å². The van der Waals surface area contributed by atoms with Crippen LogP contribution in [0, 0.1) is 0 Å². The third kappa shape index (κ3) is 2.86. The molecular weight excluding hydrogens is 358 g/mol. The Labute approximate surface area is 131 Å². The van der Waals surface area contributed by atoms with Crippen molar-refractivity contribution >= 4 is 33.0 Å². The van der Waals surface area contributed by atoms with Gasteiger partial charge in [-0.2, -0.15) is 0 Å². The first kappa shape index (κ1) is 13.9. The van der Waals surface area contributed by atoms with Gasteiger partial charge in [0.2, 0.25) is 5.78 Å². The first-order valence-electron chi connectivity index (χ1n) is 5.90. The number of aromatic nitrogens is 3. The second-order valence-corrected chi connectivity index (χ2v) is 5.94. The van der Waals surface area contributed by atoms with Crippen molar-refractivity contribution in [3.63, 3.8) is 0 Å². The number of carbonyl (C=O) groups excluding carboxylic acids is 1. The Morgan fingerprint density at radius 3 is 3.00 bits per heavy atom. The van der Waals surface area contributed by atoms with Gasteiger partial charge in [0.25, 0.3) is 0 Å². The Balaban J connectivity index is 1.98. The maximum Gasteiger partial charge on any atom is 0.442 e. The number of carbonyl (C=O) groups is 1. The largest absolute Gasteiger partial charge is 0.442 e. The van der Waals surface area contributed by atoms with Gasteiger partial charge in [0, 0.05) is 21.6 Å². The summed E-state index contributed by atoms with van der Waals surface area (Å²) in [4.78, 5) is 27.8. The Bertz CT molecular complexity index is 838. The lowest BCUT2D eigenvalue weighted by molar-refractivity contribution is 0.0969. The van der Waals surface area contributed by atoms with E-state index in [0.717, 1.165) is 4.47 Å². The van der Waals surface area contributed by atoms with Crippen LogP contribution in [0.4, 0.5) is 0 Å². The molecule has 6 nitrogen and oxygen atoms in total. The van der Waals surface area contributed by atoms with Crippen LogP contribution < -0.4 is 5.76 Å². The normalized spacial score (nSPS) is 10.7. The highest BCUT2D eigenvalue weighted by Gasteiger charge is 2.18. The molecule has 0 amide bonds. The highest BCUT2D eigenvalue weighted by molar-refractivity contribution is 9.10. The Morgan fingerprint density at radius 1 is 1.43 bits per heavy atom. The van der Waals surface area contributed by atoms with E-state index < -0.39 is 5.76 Å². The van der Waals surface area contributed by atoms with E-state index in [9.17, 15) is 9.59 Å². The number of benzene rings is 1. The number of halogens is 1. The van der Waals surface area contributed by atoms with E-state index in [4.69, 9.17) is 0 Å². The van der Waals surface area contributed by atoms with Gasteiger partial charge in [-0.05, 0) is 12.1 Å². The van der Waals surface area contributed by atoms with Crippen LogP contribution in [0.5, 0.6) is 0 Å². The van der Waals surface area contributed by atoms with Gasteiger partial charge in [-0.15, -0.1) is 11.3 Å². The Morgan fingerprint density at radius 2 is 2.29 bits per heavy atom. The first-order chi connectivity index (χ1) is 10.1. The van der Waals surface area contributed by atoms with Gasteiger partial charge in [-0.25, -0.2) is 14.3 Å². The molecule has 3 aromatic rings. The van der Waals surface area contributed by atoms with Crippen molar-refractivity contribution in [2.45, 2.75) is 6.54 Å². The quantitative estimate of drug-likeness (QED) is 0.664. The summed E-state index contributed by atoms with van der Waals surface area (Å²) in [5, 5.41) is 5.80. The fraction of sp³-hybridized carbons (Fsp3) is 0.0769. The molecule has 0 radical (unpaired) electrons. The monoisotopic (exact) mass is 365 g/mol. The molecule has 0 atom stereocenters. The van der Waals surface area contributed by atoms with Crippen molar-refractivity contribution in [3.8, 4) is 11.4 Å². The molecule has 1 aromatic carbocycles. The molecular formula is C13H8BrN3O3S. The summed E-state index contributed by atoms with van der Waals surface area (Å²) in [5.74, 6) is -0.618. The molecule has 106 valence electrons. The van der Waals surface area contributed by atoms with Crippen molar-refractivity contribution in [2.24, 2.45) is 0 Å². The molecule has 0 unspecified atom stereocenters. The molecule has 3 rings (SSSR count). The molecule has 0 N–H and O–H groups in total. The fourth-order valence-corrected chi connectivity index (χ4v) is 2.78. The van der Waals surface area contributed by atoms with E-state index in [-0.39, 0.29) is 12.3 Å². The summed E-state index contributed by atoms with van der Waals surface area (Å²) in [6.45, 7) is -0.155. The van der Waals surface area contributed by atoms with Gasteiger partial charge in [0.15, 0.2) is 10.8 Å². The topological polar surface area (TPSA) is 78.0 Å². The summed E-state index contributed by atoms with van der Waals surface area (Å²) in [7, 11) is 0. The van der Waals surface area contributed by atoms with E-state index in [1.54, 1.807) is 23.7 Å². The third-order valence-corrected chi connectivity index (χ3v) is 4.05. The van der Waals surface area contributed by atoms with Crippen molar-refractivity contribution < 1.29 is 9.32 Å². The van der Waals surface area contributed by atoms with Crippen molar-refractivity contribution in [1.82, 2.24) is 14.7 Å². The molecule has 0 bridgehead atoms. The van der Waals surface area contributed by atoms with Crippen molar-refractivity contribution in [2.75, 3.05) is 0 Å². The third-order valence-electron chi connectivity index (χ3n) is 2.74. The molecule has 21 heavy (non-hydrogen) atoms. The number of hydrogen-bond acceptors (Lipinski definition) is 6. The number of hydrogen-bond donors (Lipinski definition) is 0. The van der Waals surface area contributed by atoms with Crippen LogP contribution in [0.25, 0.3) is 11.4 Å². The van der Waals surface area contributed by atoms with E-state index in [1.165, 1.54) is 15.9 Å². The number of rotatable bonds is 4. The zero-order valence-corrected chi connectivity index (χ0v) is 12.9. The lowest BCUT2D eigenvalue weighted by Crippen LogP contribution is -2.21. The standard InChI is InChI=1S/C13H8BrN3O3S/c14-9-3-1-2-8(6-9)11-16-20-13(19)17(11)7-10(18)12-15-4-5-21-12/h1-6H,7H2. The van der Waals surface area contributed by atoms with E-state index in [2.05, 4.69) is 30.6 Å². The van der Waals surface area contributed by atoms with Crippen molar-refractivity contribution in [1.29, 1.82) is 0 Å². The fourth-order valence-electron chi connectivity index (χ4n) is 1.82. The van der Waals surface area contributed by atoms with Crippen LogP contribution >= 0.6 is 27.3 Å². The lowest BCUT2D eigenvalue weighted by atomic mass is 10.2. The minimum absolute atomic E-state index is 0.155. The van der Waals surface area contributed by atoms with Crippen LogP contribution in [-0.4, -0.2) is 20.5 Å². The van der Waals surface area contributed by atoms with Gasteiger partial charge in [-0.3, -0.25) is 9.32 Å². The van der Waals surface area contributed by atoms with E-state index in [1.807, 2.05) is 12.1 Å². The zero-order valence-electron chi connectivity index (χ0n) is 10.5. The second kappa shape index (κ2) is 5.74. The summed E-state index contributed by atoms with van der Waals surface area (Å²) < 4.78 is 6.72. The summed E-state index contributed by atoms with van der Waals surface area (Å²) in [6.07, 6.45) is 1.55. The average molecular weight is 366 g/mol. The second-order valence-electron chi connectivity index (χ2n) is 4.13. The smallest absolute Gasteiger partial charge is 0.295 e. The first-order valence-corrected chi connectivity index (χ1v) is 7.57. The van der Waals surface area contributed by atoms with Crippen LogP contribution in [0.15, 0.2) is 49.6 Å². The zero-order chi connectivity index (χ0) is 14.8. The molecule has 0 fully saturated rings. The molecule has 2 heterocycles. The summed E-state index contributed by atoms with van der Waals surface area (Å²) in [5.41, 5.74) is 0.683. The van der Waals surface area contributed by atoms with Gasteiger partial charge >= 0.3 is 5.76 Å². The van der Waals surface area contributed by atoms with Gasteiger partial charge < -0.3 is 0 Å². The summed E-state index contributed by atoms with van der Waals surface area (Å²) in [6, 6.07) is 7.24. The van der Waals surface area contributed by atoms with Gasteiger partial charge in [0.05, 0.1) is 6.54 Å². The number of ketones is 1. The summed E-state index contributed by atoms with van der Waals surface area (Å²) >= 11 is 4.58. The molecule has 0 saturated heterocycles. The Kier molecular flexibility index (Phi) is 3.80. The molecule has 0 saturated carbocycles. The van der Waals surface area contributed by atoms with Gasteiger partial charge in [-0.1, -0.05) is 33.2 Å². The number of nitrogens with zero attached hydrogens (tertiary/aromatic N) is 3. The highest BCUT2D eigenvalue weighted by atomic mass is 79.9. The predicted octanol–water partition coefficient (Wildman–Crippen LogP) is 2.61. The molecule has 0 aliphatic rings. The van der Waals surface area contributed by atoms with E-state index >= 15 is 0 Å². The average Bonchev–Trinajstić information content (AvgIpc) is 3.10. The molecule has 8 heteroatoms. The van der Waals surface area contributed by atoms with Crippen LogP contribution in [-0.2, 0) is 6.54 Å². The Hall–Kier alpha value is -2.06. The molecule has 0 aliphatic heterocycles. The number of thiazole rings is 1. The maximum atomic E-state index is 12.1. The maximum absolute atomic E-state index is 12.1. The predicted molar refractivity (Wildman–Crippen MR) is 80.3 cm³/mol. The molecule has 0 spiro atoms. The van der Waals surface area contributed by atoms with Crippen molar-refractivity contribution in [3.05, 3.63) is 55.9 Å². The minimum Gasteiger partial charge on any atom is -0.295 e. The SMILES string of the molecule is O=C(Cn1c(-c2cccc(Br)c2)noc1=O)c1nccs1. The van der Waals surface area contributed by atoms with Gasteiger partial charge in [0.1, 0.15) is 0 Å². The van der Waals surface area contributed by atoms with Crippen LogP contribution in [0.2, 0.25) is 0 Å². The van der Waals surface area contributed by atoms with E-state index in [0.29, 0.717) is 16.4 Å². The lowest BCUT2D eigenvalue weighted by Gasteiger charge is -2.03. The van der Waals surface area contributed by atoms with Crippen LogP contribution in [0.1, 0.15) is 9.80 Å². The molecule has 0 aliphatic carbocycles. The number of Topliss-reactive ketones (excluding diaryl/α,β-unsaturated/α-hetero) is 1. The molecule has 2 aromatic heterocycles. The minimum atomic E-state index is -0.671.